The highest BCUT2D eigenvalue weighted by Gasteiger charge is 2.67. The molecule has 0 N–H and O–H groups in total. The Labute approximate surface area is 148 Å². The number of rotatable bonds is 2. The van der Waals surface area contributed by atoms with E-state index < -0.39 is 5.60 Å². The normalized spacial score (nSPS) is 36.2. The van der Waals surface area contributed by atoms with Crippen molar-refractivity contribution >= 4 is 5.78 Å². The number of ketones is 1. The minimum Gasteiger partial charge on any atom is -0.497 e. The highest BCUT2D eigenvalue weighted by atomic mass is 16.5. The molecule has 1 aromatic carbocycles. The largest absolute Gasteiger partial charge is 0.497 e. The van der Waals surface area contributed by atoms with E-state index >= 15 is 0 Å². The Morgan fingerprint density at radius 3 is 2.84 bits per heavy atom. The van der Waals surface area contributed by atoms with Crippen LogP contribution in [0.5, 0.6) is 5.75 Å². The fourth-order valence-electron chi connectivity index (χ4n) is 5.64. The van der Waals surface area contributed by atoms with Crippen LogP contribution in [0.15, 0.2) is 18.2 Å². The SMILES string of the molecule is COc1ccc2c(c1)[C@]13CCN(C#N)[C@H](C2)C1(OC)C[C@H](C)C(=O)C3. The fourth-order valence-corrected chi connectivity index (χ4v) is 5.64. The first-order chi connectivity index (χ1) is 12.0. The summed E-state index contributed by atoms with van der Waals surface area (Å²) in [7, 11) is 3.41. The van der Waals surface area contributed by atoms with E-state index in [9.17, 15) is 10.1 Å². The summed E-state index contributed by atoms with van der Waals surface area (Å²) in [5.74, 6) is 1.07. The zero-order valence-electron chi connectivity index (χ0n) is 15.0. The molecule has 1 unspecified atom stereocenters. The molecule has 25 heavy (non-hydrogen) atoms. The lowest BCUT2D eigenvalue weighted by Gasteiger charge is -2.64. The van der Waals surface area contributed by atoms with Gasteiger partial charge in [0.15, 0.2) is 6.19 Å². The number of methoxy groups -OCH3 is 2. The number of carbonyl (C=O) groups is 1. The Bertz CT molecular complexity index is 771. The molecule has 1 saturated carbocycles. The standard InChI is InChI=1S/C20H24N2O3/c1-13-10-20(25-3)18-8-14-4-5-15(24-2)9-16(14)19(20,11-17(13)23)6-7-22(18)12-21/h4-5,9,13,18H,6-8,10-11H2,1-3H3/t13-,18+,19+,20?/m0/s1. The summed E-state index contributed by atoms with van der Waals surface area (Å²) in [6.07, 6.45) is 5.04. The van der Waals surface area contributed by atoms with Crippen LogP contribution in [0.4, 0.5) is 0 Å². The predicted molar refractivity (Wildman–Crippen MR) is 92.2 cm³/mol. The van der Waals surface area contributed by atoms with Crippen molar-refractivity contribution in [2.24, 2.45) is 5.92 Å². The van der Waals surface area contributed by atoms with Crippen LogP contribution in [-0.2, 0) is 21.4 Å². The van der Waals surface area contributed by atoms with Gasteiger partial charge in [-0.2, -0.15) is 5.26 Å². The topological polar surface area (TPSA) is 62.6 Å². The minimum absolute atomic E-state index is 0.0207. The van der Waals surface area contributed by atoms with Gasteiger partial charge in [0.05, 0.1) is 18.8 Å². The number of piperidine rings is 1. The predicted octanol–water partition coefficient (Wildman–Crippen LogP) is 2.43. The number of carbonyl (C=O) groups excluding carboxylic acids is 1. The molecule has 3 aliphatic rings. The fraction of sp³-hybridized carbons (Fsp3) is 0.600. The smallest absolute Gasteiger partial charge is 0.179 e. The highest BCUT2D eigenvalue weighted by molar-refractivity contribution is 5.84. The van der Waals surface area contributed by atoms with E-state index in [-0.39, 0.29) is 17.4 Å². The van der Waals surface area contributed by atoms with E-state index in [0.29, 0.717) is 25.2 Å². The van der Waals surface area contributed by atoms with Gasteiger partial charge in [-0.05, 0) is 42.5 Å². The van der Waals surface area contributed by atoms with Crippen LogP contribution in [0, 0.1) is 17.4 Å². The van der Waals surface area contributed by atoms with Crippen molar-refractivity contribution in [1.82, 2.24) is 4.90 Å². The molecule has 0 radical (unpaired) electrons. The van der Waals surface area contributed by atoms with Crippen LogP contribution in [-0.4, -0.2) is 43.1 Å². The number of nitriles is 1. The van der Waals surface area contributed by atoms with Crippen LogP contribution in [0.1, 0.15) is 37.3 Å². The van der Waals surface area contributed by atoms with E-state index in [4.69, 9.17) is 9.47 Å². The van der Waals surface area contributed by atoms with Crippen molar-refractivity contribution in [3.63, 3.8) is 0 Å². The Hall–Kier alpha value is -2.06. The number of ether oxygens (including phenoxy) is 2. The molecule has 5 heteroatoms. The third kappa shape index (κ3) is 1.95. The zero-order chi connectivity index (χ0) is 17.8. The van der Waals surface area contributed by atoms with E-state index in [0.717, 1.165) is 18.6 Å². The number of hydrogen-bond donors (Lipinski definition) is 0. The van der Waals surface area contributed by atoms with Gasteiger partial charge in [-0.1, -0.05) is 13.0 Å². The number of fused-ring (bicyclic) bond motifs is 1. The number of nitrogens with zero attached hydrogens (tertiary/aromatic N) is 2. The molecule has 2 aliphatic carbocycles. The lowest BCUT2D eigenvalue weighted by atomic mass is 9.48. The number of likely N-dealkylation sites (tertiary alicyclic amines) is 1. The summed E-state index contributed by atoms with van der Waals surface area (Å²) in [5.41, 5.74) is 1.52. The van der Waals surface area contributed by atoms with Crippen LogP contribution in [0.3, 0.4) is 0 Å². The van der Waals surface area contributed by atoms with Gasteiger partial charge in [0.2, 0.25) is 0 Å². The summed E-state index contributed by atoms with van der Waals surface area (Å²) in [5, 5.41) is 9.68. The Balaban J connectivity index is 1.98. The molecule has 1 aromatic rings. The molecule has 0 spiro atoms. The highest BCUT2D eigenvalue weighted by Crippen LogP contribution is 2.60. The zero-order valence-corrected chi connectivity index (χ0v) is 15.0. The summed E-state index contributed by atoms with van der Waals surface area (Å²) < 4.78 is 11.7. The van der Waals surface area contributed by atoms with Crippen LogP contribution < -0.4 is 4.74 Å². The quantitative estimate of drug-likeness (QED) is 0.774. The van der Waals surface area contributed by atoms with Gasteiger partial charge in [0.25, 0.3) is 0 Å². The molecule has 1 saturated heterocycles. The van der Waals surface area contributed by atoms with E-state index in [2.05, 4.69) is 18.3 Å². The summed E-state index contributed by atoms with van der Waals surface area (Å²) in [4.78, 5) is 14.6. The first-order valence-corrected chi connectivity index (χ1v) is 8.93. The molecule has 1 heterocycles. The number of Topliss-reactive ketones (excluding diaryl/α,β-unsaturated/α-hetero) is 1. The lowest BCUT2D eigenvalue weighted by Crippen LogP contribution is -2.74. The van der Waals surface area contributed by atoms with Crippen molar-refractivity contribution < 1.29 is 14.3 Å². The molecule has 5 nitrogen and oxygen atoms in total. The van der Waals surface area contributed by atoms with Crippen molar-refractivity contribution in [1.29, 1.82) is 5.26 Å². The average molecular weight is 340 g/mol. The molecule has 132 valence electrons. The molecule has 1 aliphatic heterocycles. The van der Waals surface area contributed by atoms with E-state index in [1.54, 1.807) is 14.2 Å². The molecule has 2 fully saturated rings. The maximum atomic E-state index is 12.8. The molecule has 4 atom stereocenters. The monoisotopic (exact) mass is 340 g/mol. The van der Waals surface area contributed by atoms with Gasteiger partial charge in [0.1, 0.15) is 11.5 Å². The van der Waals surface area contributed by atoms with Gasteiger partial charge in [-0.3, -0.25) is 4.79 Å². The second-order valence-corrected chi connectivity index (χ2v) is 7.71. The molecule has 0 aromatic heterocycles. The summed E-state index contributed by atoms with van der Waals surface area (Å²) in [6.45, 7) is 2.66. The lowest BCUT2D eigenvalue weighted by molar-refractivity contribution is -0.186. The van der Waals surface area contributed by atoms with Gasteiger partial charge >= 0.3 is 0 Å². The van der Waals surface area contributed by atoms with E-state index in [1.165, 1.54) is 11.1 Å². The second-order valence-electron chi connectivity index (χ2n) is 7.71. The third-order valence-corrected chi connectivity index (χ3v) is 6.88. The molecular weight excluding hydrogens is 316 g/mol. The Morgan fingerprint density at radius 1 is 1.36 bits per heavy atom. The number of hydrogen-bond acceptors (Lipinski definition) is 5. The Kier molecular flexibility index (Phi) is 3.59. The Morgan fingerprint density at radius 2 is 2.16 bits per heavy atom. The van der Waals surface area contributed by atoms with Crippen LogP contribution >= 0.6 is 0 Å². The first kappa shape index (κ1) is 16.4. The van der Waals surface area contributed by atoms with E-state index in [1.807, 2.05) is 17.9 Å². The first-order valence-electron chi connectivity index (χ1n) is 8.93. The maximum absolute atomic E-state index is 12.8. The molecule has 2 bridgehead atoms. The van der Waals surface area contributed by atoms with Gasteiger partial charge in [-0.25, -0.2) is 0 Å². The molecular formula is C20H24N2O3. The average Bonchev–Trinajstić information content (AvgIpc) is 2.62. The van der Waals surface area contributed by atoms with Crippen molar-refractivity contribution in [2.45, 2.75) is 49.7 Å². The second kappa shape index (κ2) is 5.47. The summed E-state index contributed by atoms with van der Waals surface area (Å²) >= 11 is 0. The van der Waals surface area contributed by atoms with Crippen molar-refractivity contribution in [2.75, 3.05) is 20.8 Å². The summed E-state index contributed by atoms with van der Waals surface area (Å²) in [6, 6.07) is 6.12. The third-order valence-electron chi connectivity index (χ3n) is 6.88. The maximum Gasteiger partial charge on any atom is 0.179 e. The van der Waals surface area contributed by atoms with Crippen molar-refractivity contribution in [3.8, 4) is 11.9 Å². The van der Waals surface area contributed by atoms with Crippen LogP contribution in [0.2, 0.25) is 0 Å². The minimum atomic E-state index is -0.506. The molecule has 0 amide bonds. The van der Waals surface area contributed by atoms with Gasteiger partial charge < -0.3 is 14.4 Å². The van der Waals surface area contributed by atoms with Gasteiger partial charge in [-0.15, -0.1) is 0 Å². The van der Waals surface area contributed by atoms with Crippen LogP contribution in [0.25, 0.3) is 0 Å². The number of benzene rings is 1. The van der Waals surface area contributed by atoms with Gasteiger partial charge in [0, 0.05) is 31.4 Å². The molecule has 4 rings (SSSR count). The van der Waals surface area contributed by atoms with Crippen molar-refractivity contribution in [3.05, 3.63) is 29.3 Å².